The molecular formula is C10H9N5OS2. The van der Waals surface area contributed by atoms with Crippen LogP contribution in [0.25, 0.3) is 5.78 Å². The maximum absolute atomic E-state index is 11.4. The Kier molecular flexibility index (Phi) is 2.88. The first-order valence-electron chi connectivity index (χ1n) is 5.21. The van der Waals surface area contributed by atoms with E-state index in [2.05, 4.69) is 26.3 Å². The number of aromatic amines is 1. The summed E-state index contributed by atoms with van der Waals surface area (Å²) in [5.74, 6) is 1.19. The highest BCUT2D eigenvalue weighted by atomic mass is 32.2. The SMILES string of the molecule is Cc1nn2c(SCc3cccs3)nnc2[nH]c1=O. The highest BCUT2D eigenvalue weighted by Crippen LogP contribution is 2.22. The van der Waals surface area contributed by atoms with E-state index in [9.17, 15) is 4.79 Å². The Morgan fingerprint density at radius 1 is 1.50 bits per heavy atom. The summed E-state index contributed by atoms with van der Waals surface area (Å²) in [5.41, 5.74) is 0.171. The van der Waals surface area contributed by atoms with Crippen molar-refractivity contribution in [1.29, 1.82) is 0 Å². The molecule has 0 saturated heterocycles. The number of aryl methyl sites for hydroxylation is 1. The molecule has 0 bridgehead atoms. The number of H-pyrrole nitrogens is 1. The smallest absolute Gasteiger partial charge is 0.273 e. The number of hydrogen-bond donors (Lipinski definition) is 1. The molecule has 0 saturated carbocycles. The molecule has 3 heterocycles. The summed E-state index contributed by atoms with van der Waals surface area (Å²) in [6.45, 7) is 1.66. The number of thiophene rings is 1. The van der Waals surface area contributed by atoms with Crippen LogP contribution in [0.5, 0.6) is 0 Å². The number of thioether (sulfide) groups is 1. The van der Waals surface area contributed by atoms with Crippen LogP contribution in [-0.2, 0) is 5.75 Å². The van der Waals surface area contributed by atoms with Crippen molar-refractivity contribution in [2.75, 3.05) is 0 Å². The minimum atomic E-state index is -0.232. The molecule has 8 heteroatoms. The van der Waals surface area contributed by atoms with E-state index in [-0.39, 0.29) is 5.56 Å². The summed E-state index contributed by atoms with van der Waals surface area (Å²) >= 11 is 3.24. The van der Waals surface area contributed by atoms with Crippen molar-refractivity contribution in [2.45, 2.75) is 17.8 Å². The third-order valence-corrected chi connectivity index (χ3v) is 4.37. The fraction of sp³-hybridized carbons (Fsp3) is 0.200. The lowest BCUT2D eigenvalue weighted by Crippen LogP contribution is -2.15. The minimum absolute atomic E-state index is 0.232. The molecule has 0 aliphatic rings. The Hall–Kier alpha value is -1.67. The summed E-state index contributed by atoms with van der Waals surface area (Å²) < 4.78 is 1.56. The molecule has 0 aromatic carbocycles. The van der Waals surface area contributed by atoms with Gasteiger partial charge in [0, 0.05) is 10.6 Å². The Balaban J connectivity index is 1.93. The van der Waals surface area contributed by atoms with Crippen molar-refractivity contribution in [1.82, 2.24) is 24.8 Å². The number of aromatic nitrogens is 5. The lowest BCUT2D eigenvalue weighted by molar-refractivity contribution is 0.770. The highest BCUT2D eigenvalue weighted by molar-refractivity contribution is 7.98. The van der Waals surface area contributed by atoms with Crippen molar-refractivity contribution in [3.8, 4) is 0 Å². The number of nitrogens with zero attached hydrogens (tertiary/aromatic N) is 4. The number of nitrogens with one attached hydrogen (secondary N) is 1. The standard InChI is InChI=1S/C10H9N5OS2/c1-6-8(16)11-9-12-13-10(15(9)14-6)18-5-7-3-2-4-17-7/h2-4H,5H2,1H3,(H,11,12,16). The van der Waals surface area contributed by atoms with Crippen LogP contribution < -0.4 is 5.56 Å². The normalized spacial score (nSPS) is 11.2. The average Bonchev–Trinajstić information content (AvgIpc) is 2.97. The summed E-state index contributed by atoms with van der Waals surface area (Å²) in [4.78, 5) is 15.3. The lowest BCUT2D eigenvalue weighted by atomic mass is 10.5. The van der Waals surface area contributed by atoms with Gasteiger partial charge in [-0.15, -0.1) is 21.5 Å². The zero-order valence-corrected chi connectivity index (χ0v) is 11.1. The van der Waals surface area contributed by atoms with Crippen LogP contribution in [-0.4, -0.2) is 24.8 Å². The van der Waals surface area contributed by atoms with E-state index in [0.29, 0.717) is 16.6 Å². The second-order valence-electron chi connectivity index (χ2n) is 3.63. The molecule has 6 nitrogen and oxygen atoms in total. The van der Waals surface area contributed by atoms with Crippen LogP contribution in [0, 0.1) is 6.92 Å². The van der Waals surface area contributed by atoms with E-state index in [1.54, 1.807) is 34.5 Å². The van der Waals surface area contributed by atoms with Crippen LogP contribution in [0.1, 0.15) is 10.6 Å². The second kappa shape index (κ2) is 4.54. The van der Waals surface area contributed by atoms with Gasteiger partial charge in [-0.05, 0) is 18.4 Å². The summed E-state index contributed by atoms with van der Waals surface area (Å²) in [6, 6.07) is 4.09. The highest BCUT2D eigenvalue weighted by Gasteiger charge is 2.10. The molecule has 0 radical (unpaired) electrons. The van der Waals surface area contributed by atoms with Crippen molar-refractivity contribution in [3.05, 3.63) is 38.4 Å². The Morgan fingerprint density at radius 2 is 2.39 bits per heavy atom. The van der Waals surface area contributed by atoms with Gasteiger partial charge in [0.1, 0.15) is 5.69 Å². The van der Waals surface area contributed by atoms with Gasteiger partial charge in [0.15, 0.2) is 0 Å². The molecule has 3 aromatic rings. The third-order valence-electron chi connectivity index (χ3n) is 2.34. The largest absolute Gasteiger partial charge is 0.288 e. The molecule has 0 spiro atoms. The zero-order valence-electron chi connectivity index (χ0n) is 9.45. The predicted molar refractivity (Wildman–Crippen MR) is 70.0 cm³/mol. The number of fused-ring (bicyclic) bond motifs is 1. The molecule has 18 heavy (non-hydrogen) atoms. The summed E-state index contributed by atoms with van der Waals surface area (Å²) in [7, 11) is 0. The fourth-order valence-corrected chi connectivity index (χ4v) is 3.10. The second-order valence-corrected chi connectivity index (χ2v) is 5.60. The Labute approximate surface area is 110 Å². The Bertz CT molecular complexity index is 730. The van der Waals surface area contributed by atoms with Crippen LogP contribution in [0.15, 0.2) is 27.5 Å². The third kappa shape index (κ3) is 2.04. The van der Waals surface area contributed by atoms with E-state index >= 15 is 0 Å². The molecule has 0 aliphatic carbocycles. The molecule has 0 aliphatic heterocycles. The molecular weight excluding hydrogens is 270 g/mol. The van der Waals surface area contributed by atoms with Gasteiger partial charge in [0.05, 0.1) is 0 Å². The van der Waals surface area contributed by atoms with Gasteiger partial charge in [-0.25, -0.2) is 0 Å². The maximum Gasteiger partial charge on any atom is 0.273 e. The van der Waals surface area contributed by atoms with Gasteiger partial charge in [0.25, 0.3) is 11.3 Å². The van der Waals surface area contributed by atoms with E-state index in [4.69, 9.17) is 0 Å². The molecule has 0 atom stereocenters. The first kappa shape index (κ1) is 11.4. The van der Waals surface area contributed by atoms with Gasteiger partial charge in [-0.3, -0.25) is 9.78 Å². The van der Waals surface area contributed by atoms with Crippen LogP contribution in [0.2, 0.25) is 0 Å². The van der Waals surface area contributed by atoms with Crippen LogP contribution >= 0.6 is 23.1 Å². The first-order chi connectivity index (χ1) is 8.74. The first-order valence-corrected chi connectivity index (χ1v) is 7.08. The van der Waals surface area contributed by atoms with Crippen molar-refractivity contribution in [3.63, 3.8) is 0 Å². The molecule has 0 unspecified atom stereocenters. The average molecular weight is 279 g/mol. The van der Waals surface area contributed by atoms with E-state index in [0.717, 1.165) is 5.75 Å². The van der Waals surface area contributed by atoms with Crippen molar-refractivity contribution < 1.29 is 0 Å². The number of rotatable bonds is 3. The quantitative estimate of drug-likeness (QED) is 0.735. The van der Waals surface area contributed by atoms with Crippen LogP contribution in [0.3, 0.4) is 0 Å². The van der Waals surface area contributed by atoms with E-state index < -0.39 is 0 Å². The van der Waals surface area contributed by atoms with E-state index in [1.165, 1.54) is 4.88 Å². The van der Waals surface area contributed by atoms with Gasteiger partial charge >= 0.3 is 0 Å². The van der Waals surface area contributed by atoms with Gasteiger partial charge in [-0.1, -0.05) is 17.8 Å². The van der Waals surface area contributed by atoms with Crippen molar-refractivity contribution in [2.24, 2.45) is 0 Å². The Morgan fingerprint density at radius 3 is 3.17 bits per heavy atom. The topological polar surface area (TPSA) is 75.9 Å². The molecule has 3 aromatic heterocycles. The summed E-state index contributed by atoms with van der Waals surface area (Å²) in [6.07, 6.45) is 0. The summed E-state index contributed by atoms with van der Waals surface area (Å²) in [5, 5.41) is 14.8. The van der Waals surface area contributed by atoms with Gasteiger partial charge < -0.3 is 0 Å². The van der Waals surface area contributed by atoms with E-state index in [1.807, 2.05) is 11.4 Å². The minimum Gasteiger partial charge on any atom is -0.288 e. The number of hydrogen-bond acceptors (Lipinski definition) is 6. The molecule has 0 amide bonds. The molecule has 92 valence electrons. The maximum atomic E-state index is 11.4. The molecule has 1 N–H and O–H groups in total. The van der Waals surface area contributed by atoms with Gasteiger partial charge in [0.2, 0.25) is 5.16 Å². The van der Waals surface area contributed by atoms with Gasteiger partial charge in [-0.2, -0.15) is 9.61 Å². The monoisotopic (exact) mass is 279 g/mol. The van der Waals surface area contributed by atoms with Crippen LogP contribution in [0.4, 0.5) is 0 Å². The fourth-order valence-electron chi connectivity index (χ4n) is 1.44. The molecule has 0 fully saturated rings. The predicted octanol–water partition coefficient (Wildman–Crippen LogP) is 1.47. The molecule has 3 rings (SSSR count). The zero-order chi connectivity index (χ0) is 12.5. The lowest BCUT2D eigenvalue weighted by Gasteiger charge is -1.98. The van der Waals surface area contributed by atoms with Crippen molar-refractivity contribution >= 4 is 28.9 Å².